The van der Waals surface area contributed by atoms with Crippen molar-refractivity contribution in [2.45, 2.75) is 13.0 Å². The number of benzene rings is 1. The van der Waals surface area contributed by atoms with Crippen LogP contribution in [0.3, 0.4) is 0 Å². The Morgan fingerprint density at radius 1 is 1.14 bits per heavy atom. The molecule has 0 amide bonds. The molecule has 0 aliphatic heterocycles. The van der Waals surface area contributed by atoms with Gasteiger partial charge in [0.05, 0.1) is 25.5 Å². The third-order valence-electron chi connectivity index (χ3n) is 5.13. The molecule has 0 fully saturated rings. The summed E-state index contributed by atoms with van der Waals surface area (Å²) in [5, 5.41) is 27.6. The predicted octanol–water partition coefficient (Wildman–Crippen LogP) is 2.59. The van der Waals surface area contributed by atoms with E-state index < -0.39 is 21.9 Å². The molecule has 1 aromatic carbocycles. The van der Waals surface area contributed by atoms with Crippen LogP contribution in [-0.2, 0) is 10.0 Å². The molecule has 0 saturated heterocycles. The van der Waals surface area contributed by atoms with E-state index >= 15 is 0 Å². The van der Waals surface area contributed by atoms with Crippen molar-refractivity contribution in [2.24, 2.45) is 0 Å². The van der Waals surface area contributed by atoms with Gasteiger partial charge < -0.3 is 19.0 Å². The van der Waals surface area contributed by atoms with Crippen LogP contribution >= 0.6 is 0 Å². The van der Waals surface area contributed by atoms with E-state index in [4.69, 9.17) is 19.2 Å². The fourth-order valence-electron chi connectivity index (χ4n) is 3.47. The average Bonchev–Trinajstić information content (AvgIpc) is 3.48. The number of para-hydroxylation sites is 1. The minimum Gasteiger partial charge on any atom is -0.494 e. The van der Waals surface area contributed by atoms with Crippen molar-refractivity contribution in [3.8, 4) is 34.8 Å². The van der Waals surface area contributed by atoms with Crippen LogP contribution in [0.1, 0.15) is 23.1 Å². The molecule has 1 unspecified atom stereocenters. The molecular formula is C23H22N6O6S. The van der Waals surface area contributed by atoms with Gasteiger partial charge in [0.25, 0.3) is 0 Å². The monoisotopic (exact) mass is 510 g/mol. The Labute approximate surface area is 206 Å². The molecule has 3 heterocycles. The van der Waals surface area contributed by atoms with E-state index in [0.29, 0.717) is 28.7 Å². The molecule has 4 aromatic rings. The van der Waals surface area contributed by atoms with Gasteiger partial charge in [-0.05, 0) is 43.3 Å². The largest absolute Gasteiger partial charge is 0.494 e. The molecule has 0 aliphatic rings. The standard InChI is InChI=1S/C23H22N6O6S/c1-14-7-10-20(35-14)22-26-27-23(29(22)21-18(33-2)5-4-6-19(21)34-3)28-36(31,32)13-17(30)16-9-8-15(11-24)12-25-16/h4-10,12,17,30H,13H2,1-3H3,(H,27,28). The number of aromatic nitrogens is 4. The Hall–Kier alpha value is -4.41. The van der Waals surface area contributed by atoms with E-state index in [9.17, 15) is 13.5 Å². The van der Waals surface area contributed by atoms with Crippen LogP contribution in [0.15, 0.2) is 53.1 Å². The lowest BCUT2D eigenvalue weighted by molar-refractivity contribution is 0.197. The van der Waals surface area contributed by atoms with Gasteiger partial charge in [-0.15, -0.1) is 10.2 Å². The molecule has 0 bridgehead atoms. The lowest BCUT2D eigenvalue weighted by Gasteiger charge is -2.17. The molecule has 0 radical (unpaired) electrons. The summed E-state index contributed by atoms with van der Waals surface area (Å²) in [6, 6.07) is 13.2. The first-order chi connectivity index (χ1) is 17.3. The molecule has 3 aromatic heterocycles. The Balaban J connectivity index is 1.76. The Morgan fingerprint density at radius 3 is 2.42 bits per heavy atom. The number of nitrogens with one attached hydrogen (secondary N) is 1. The quantitative estimate of drug-likeness (QED) is 0.342. The van der Waals surface area contributed by atoms with Crippen LogP contribution < -0.4 is 14.2 Å². The van der Waals surface area contributed by atoms with Crippen molar-refractivity contribution in [3.63, 3.8) is 0 Å². The number of aliphatic hydroxyl groups excluding tert-OH is 1. The van der Waals surface area contributed by atoms with Gasteiger partial charge in [0.1, 0.15) is 40.9 Å². The first-order valence-corrected chi connectivity index (χ1v) is 12.2. The second-order valence-corrected chi connectivity index (χ2v) is 9.35. The first kappa shape index (κ1) is 24.7. The number of nitriles is 1. The van der Waals surface area contributed by atoms with Crippen molar-refractivity contribution in [3.05, 3.63) is 65.7 Å². The molecule has 2 N–H and O–H groups in total. The van der Waals surface area contributed by atoms with Gasteiger partial charge in [-0.1, -0.05) is 6.07 Å². The van der Waals surface area contributed by atoms with Crippen LogP contribution in [0.25, 0.3) is 17.3 Å². The first-order valence-electron chi connectivity index (χ1n) is 10.5. The summed E-state index contributed by atoms with van der Waals surface area (Å²) < 4.78 is 46.5. The fourth-order valence-corrected chi connectivity index (χ4v) is 4.55. The number of furan rings is 1. The number of aryl methyl sites for hydroxylation is 1. The average molecular weight is 511 g/mol. The third kappa shape index (κ3) is 4.99. The molecule has 12 nitrogen and oxygen atoms in total. The highest BCUT2D eigenvalue weighted by molar-refractivity contribution is 7.92. The summed E-state index contributed by atoms with van der Waals surface area (Å²) in [5.41, 5.74) is 0.717. The summed E-state index contributed by atoms with van der Waals surface area (Å²) in [6.45, 7) is 1.76. The van der Waals surface area contributed by atoms with E-state index in [1.807, 2.05) is 6.07 Å². The highest BCUT2D eigenvalue weighted by atomic mass is 32.2. The number of anilines is 1. The second kappa shape index (κ2) is 10.1. The normalized spacial score (nSPS) is 12.1. The maximum absolute atomic E-state index is 13.0. The molecular weight excluding hydrogens is 488 g/mol. The van der Waals surface area contributed by atoms with Crippen molar-refractivity contribution in [2.75, 3.05) is 24.7 Å². The van der Waals surface area contributed by atoms with Gasteiger partial charge in [-0.2, -0.15) is 5.26 Å². The number of methoxy groups -OCH3 is 2. The van der Waals surface area contributed by atoms with Crippen molar-refractivity contribution < 1.29 is 27.4 Å². The highest BCUT2D eigenvalue weighted by Gasteiger charge is 2.28. The van der Waals surface area contributed by atoms with Crippen molar-refractivity contribution in [1.29, 1.82) is 5.26 Å². The van der Waals surface area contributed by atoms with Crippen LogP contribution in [0.2, 0.25) is 0 Å². The predicted molar refractivity (Wildman–Crippen MR) is 128 cm³/mol. The Bertz CT molecular complexity index is 1500. The molecule has 1 atom stereocenters. The second-order valence-electron chi connectivity index (χ2n) is 7.59. The maximum atomic E-state index is 13.0. The van der Waals surface area contributed by atoms with E-state index in [1.165, 1.54) is 37.1 Å². The number of rotatable bonds is 9. The summed E-state index contributed by atoms with van der Waals surface area (Å²) in [7, 11) is -1.25. The number of hydrogen-bond acceptors (Lipinski definition) is 10. The summed E-state index contributed by atoms with van der Waals surface area (Å²) in [6.07, 6.45) is -0.208. The number of nitrogens with zero attached hydrogens (tertiary/aromatic N) is 5. The van der Waals surface area contributed by atoms with Gasteiger partial charge in [-0.3, -0.25) is 14.3 Å². The smallest absolute Gasteiger partial charge is 0.243 e. The number of pyridine rings is 1. The third-order valence-corrected chi connectivity index (χ3v) is 6.38. The topological polar surface area (TPSA) is 165 Å². The van der Waals surface area contributed by atoms with Gasteiger partial charge >= 0.3 is 0 Å². The summed E-state index contributed by atoms with van der Waals surface area (Å²) in [4.78, 5) is 3.95. The number of ether oxygens (including phenoxy) is 2. The van der Waals surface area contributed by atoms with Crippen LogP contribution in [0, 0.1) is 18.3 Å². The number of hydrogen-bond donors (Lipinski definition) is 2. The van der Waals surface area contributed by atoms with Crippen LogP contribution in [-0.4, -0.2) is 53.2 Å². The minimum atomic E-state index is -4.17. The van der Waals surface area contributed by atoms with E-state index in [1.54, 1.807) is 37.3 Å². The Morgan fingerprint density at radius 2 is 1.86 bits per heavy atom. The van der Waals surface area contributed by atoms with Crippen LogP contribution in [0.4, 0.5) is 5.95 Å². The molecule has 0 aliphatic carbocycles. The van der Waals surface area contributed by atoms with Gasteiger partial charge in [0.2, 0.25) is 21.8 Å². The van der Waals surface area contributed by atoms with Gasteiger partial charge in [0.15, 0.2) is 5.76 Å². The lowest BCUT2D eigenvalue weighted by atomic mass is 10.2. The highest BCUT2D eigenvalue weighted by Crippen LogP contribution is 2.38. The fraction of sp³-hybridized carbons (Fsp3) is 0.217. The molecule has 0 spiro atoms. The number of sulfonamides is 1. The SMILES string of the molecule is COc1cccc(OC)c1-n1c(NS(=O)(=O)CC(O)c2ccc(C#N)cn2)nnc1-c1ccc(C)o1. The molecule has 186 valence electrons. The lowest BCUT2D eigenvalue weighted by Crippen LogP contribution is -2.24. The number of aliphatic hydroxyl groups is 1. The zero-order valence-corrected chi connectivity index (χ0v) is 20.4. The molecule has 13 heteroatoms. The van der Waals surface area contributed by atoms with Gasteiger partial charge in [-0.25, -0.2) is 8.42 Å². The van der Waals surface area contributed by atoms with Crippen molar-refractivity contribution in [1.82, 2.24) is 19.7 Å². The van der Waals surface area contributed by atoms with E-state index in [0.717, 1.165) is 0 Å². The zero-order chi connectivity index (χ0) is 25.9. The Kier molecular flexibility index (Phi) is 6.91. The zero-order valence-electron chi connectivity index (χ0n) is 19.5. The van der Waals surface area contributed by atoms with E-state index in [-0.39, 0.29) is 23.0 Å². The molecule has 36 heavy (non-hydrogen) atoms. The van der Waals surface area contributed by atoms with Crippen LogP contribution in [0.5, 0.6) is 11.5 Å². The summed E-state index contributed by atoms with van der Waals surface area (Å²) in [5.74, 6) is 0.963. The summed E-state index contributed by atoms with van der Waals surface area (Å²) >= 11 is 0. The van der Waals surface area contributed by atoms with E-state index in [2.05, 4.69) is 19.9 Å². The molecule has 4 rings (SSSR count). The van der Waals surface area contributed by atoms with Gasteiger partial charge in [0, 0.05) is 6.20 Å². The molecule has 0 saturated carbocycles. The van der Waals surface area contributed by atoms with Crippen molar-refractivity contribution >= 4 is 16.0 Å². The minimum absolute atomic E-state index is 0.0963. The maximum Gasteiger partial charge on any atom is 0.243 e.